The summed E-state index contributed by atoms with van der Waals surface area (Å²) in [6.07, 6.45) is 1.66. The van der Waals surface area contributed by atoms with Gasteiger partial charge in [-0.25, -0.2) is 9.97 Å². The summed E-state index contributed by atoms with van der Waals surface area (Å²) >= 11 is 0. The number of aryl methyl sites for hydroxylation is 2. The van der Waals surface area contributed by atoms with E-state index >= 15 is 0 Å². The highest BCUT2D eigenvalue weighted by Gasteiger charge is 2.03. The van der Waals surface area contributed by atoms with Gasteiger partial charge in [0.2, 0.25) is 0 Å². The lowest BCUT2D eigenvalue weighted by Crippen LogP contribution is -2.02. The van der Waals surface area contributed by atoms with Crippen LogP contribution in [0, 0.1) is 13.8 Å². The van der Waals surface area contributed by atoms with Crippen molar-refractivity contribution >= 4 is 5.71 Å². The fourth-order valence-corrected chi connectivity index (χ4v) is 0.992. The van der Waals surface area contributed by atoms with E-state index in [0.717, 1.165) is 17.1 Å². The van der Waals surface area contributed by atoms with Crippen molar-refractivity contribution in [3.8, 4) is 0 Å². The fourth-order valence-electron chi connectivity index (χ4n) is 0.992. The van der Waals surface area contributed by atoms with Crippen molar-refractivity contribution in [2.45, 2.75) is 20.8 Å². The Morgan fingerprint density at radius 2 is 2.17 bits per heavy atom. The Bertz CT molecular complexity index is 320. The molecule has 0 saturated carbocycles. The van der Waals surface area contributed by atoms with Crippen LogP contribution in [0.25, 0.3) is 0 Å². The Morgan fingerprint density at radius 1 is 1.50 bits per heavy atom. The lowest BCUT2D eigenvalue weighted by Gasteiger charge is -2.02. The molecule has 0 fully saturated rings. The van der Waals surface area contributed by atoms with Gasteiger partial charge in [0.15, 0.2) is 0 Å². The normalized spacial score (nSPS) is 11.8. The summed E-state index contributed by atoms with van der Waals surface area (Å²) in [7, 11) is 0. The van der Waals surface area contributed by atoms with Crippen LogP contribution >= 0.6 is 0 Å². The molecule has 0 bridgehead atoms. The molecule has 0 spiro atoms. The number of aromatic nitrogens is 2. The second-order valence-electron chi connectivity index (χ2n) is 2.60. The average molecular weight is 165 g/mol. The molecule has 0 radical (unpaired) electrons. The number of hydrogen-bond donors (Lipinski definition) is 1. The molecule has 0 aromatic carbocycles. The molecule has 1 aromatic heterocycles. The van der Waals surface area contributed by atoms with Gasteiger partial charge in [-0.3, -0.25) is 0 Å². The molecule has 0 aliphatic heterocycles. The summed E-state index contributed by atoms with van der Waals surface area (Å²) < 4.78 is 0. The quantitative estimate of drug-likeness (QED) is 0.387. The molecule has 1 rings (SSSR count). The summed E-state index contributed by atoms with van der Waals surface area (Å²) in [5.74, 6) is 0.724. The molecule has 0 atom stereocenters. The van der Waals surface area contributed by atoms with Crippen molar-refractivity contribution in [2.24, 2.45) is 5.16 Å². The zero-order valence-electron chi connectivity index (χ0n) is 7.37. The number of nitrogens with zero attached hydrogens (tertiary/aromatic N) is 3. The third kappa shape index (κ3) is 1.58. The van der Waals surface area contributed by atoms with Crippen LogP contribution in [0.2, 0.25) is 0 Å². The van der Waals surface area contributed by atoms with E-state index in [2.05, 4.69) is 15.1 Å². The van der Waals surface area contributed by atoms with Crippen LogP contribution in [-0.2, 0) is 0 Å². The maximum absolute atomic E-state index is 8.51. The molecule has 0 aliphatic carbocycles. The van der Waals surface area contributed by atoms with Gasteiger partial charge in [0.05, 0.1) is 11.4 Å². The summed E-state index contributed by atoms with van der Waals surface area (Å²) in [6.45, 7) is 5.39. The molecule has 0 unspecified atom stereocenters. The van der Waals surface area contributed by atoms with Gasteiger partial charge in [0.25, 0.3) is 0 Å². The predicted molar refractivity (Wildman–Crippen MR) is 45.5 cm³/mol. The number of rotatable bonds is 1. The molecule has 4 nitrogen and oxygen atoms in total. The first-order valence-corrected chi connectivity index (χ1v) is 3.64. The van der Waals surface area contributed by atoms with E-state index < -0.39 is 0 Å². The van der Waals surface area contributed by atoms with Gasteiger partial charge in [-0.2, -0.15) is 0 Å². The summed E-state index contributed by atoms with van der Waals surface area (Å²) in [4.78, 5) is 8.15. The van der Waals surface area contributed by atoms with Gasteiger partial charge in [-0.15, -0.1) is 0 Å². The summed E-state index contributed by atoms with van der Waals surface area (Å²) in [5, 5.41) is 11.6. The Balaban J connectivity index is 3.18. The summed E-state index contributed by atoms with van der Waals surface area (Å²) in [6, 6.07) is 0. The second kappa shape index (κ2) is 3.30. The van der Waals surface area contributed by atoms with Crippen LogP contribution in [0.5, 0.6) is 0 Å². The van der Waals surface area contributed by atoms with E-state index in [1.807, 2.05) is 13.8 Å². The minimum absolute atomic E-state index is 0.535. The highest BCUT2D eigenvalue weighted by Crippen LogP contribution is 2.04. The van der Waals surface area contributed by atoms with Gasteiger partial charge in [-0.05, 0) is 20.8 Å². The number of oxime groups is 1. The Morgan fingerprint density at radius 3 is 2.67 bits per heavy atom. The van der Waals surface area contributed by atoms with Crippen molar-refractivity contribution in [1.82, 2.24) is 9.97 Å². The topological polar surface area (TPSA) is 58.4 Å². The van der Waals surface area contributed by atoms with Crippen molar-refractivity contribution in [3.63, 3.8) is 0 Å². The van der Waals surface area contributed by atoms with Crippen LogP contribution in [-0.4, -0.2) is 20.9 Å². The molecule has 0 saturated heterocycles. The Kier molecular flexibility index (Phi) is 2.38. The van der Waals surface area contributed by atoms with E-state index in [1.165, 1.54) is 0 Å². The monoisotopic (exact) mass is 165 g/mol. The van der Waals surface area contributed by atoms with Gasteiger partial charge < -0.3 is 5.21 Å². The van der Waals surface area contributed by atoms with Gasteiger partial charge in [0.1, 0.15) is 5.82 Å². The van der Waals surface area contributed by atoms with Crippen molar-refractivity contribution in [3.05, 3.63) is 23.3 Å². The Hall–Kier alpha value is -1.45. The van der Waals surface area contributed by atoms with E-state index in [0.29, 0.717) is 5.71 Å². The van der Waals surface area contributed by atoms with E-state index in [-0.39, 0.29) is 0 Å². The molecule has 1 heterocycles. The molecular weight excluding hydrogens is 154 g/mol. The lowest BCUT2D eigenvalue weighted by molar-refractivity contribution is 0.319. The smallest absolute Gasteiger partial charge is 0.125 e. The second-order valence-corrected chi connectivity index (χ2v) is 2.60. The van der Waals surface area contributed by atoms with Gasteiger partial charge in [0, 0.05) is 11.8 Å². The maximum atomic E-state index is 8.51. The maximum Gasteiger partial charge on any atom is 0.125 e. The van der Waals surface area contributed by atoms with Crippen LogP contribution in [0.3, 0.4) is 0 Å². The van der Waals surface area contributed by atoms with Crippen molar-refractivity contribution in [2.75, 3.05) is 0 Å². The Labute approximate surface area is 71.0 Å². The largest absolute Gasteiger partial charge is 0.411 e. The van der Waals surface area contributed by atoms with Gasteiger partial charge in [-0.1, -0.05) is 5.16 Å². The molecule has 0 aliphatic rings. The first kappa shape index (κ1) is 8.64. The molecule has 4 heteroatoms. The van der Waals surface area contributed by atoms with E-state index in [1.54, 1.807) is 13.1 Å². The SMILES string of the molecule is C/C(=N\O)c1cnc(C)nc1C. The predicted octanol–water partition coefficient (Wildman–Crippen LogP) is 1.29. The van der Waals surface area contributed by atoms with Gasteiger partial charge >= 0.3 is 0 Å². The minimum Gasteiger partial charge on any atom is -0.411 e. The van der Waals surface area contributed by atoms with Crippen LogP contribution < -0.4 is 0 Å². The third-order valence-corrected chi connectivity index (χ3v) is 1.64. The van der Waals surface area contributed by atoms with Crippen molar-refractivity contribution in [1.29, 1.82) is 0 Å². The van der Waals surface area contributed by atoms with E-state index in [4.69, 9.17) is 5.21 Å². The summed E-state index contributed by atoms with van der Waals surface area (Å²) in [5.41, 5.74) is 2.15. The zero-order valence-corrected chi connectivity index (χ0v) is 7.37. The molecule has 12 heavy (non-hydrogen) atoms. The molecular formula is C8H11N3O. The first-order valence-electron chi connectivity index (χ1n) is 3.64. The zero-order chi connectivity index (χ0) is 9.14. The standard InChI is InChI=1S/C8H11N3O/c1-5-8(6(2)11-12)4-9-7(3)10-5/h4,12H,1-3H3/b11-6+. The molecule has 1 aromatic rings. The third-order valence-electron chi connectivity index (χ3n) is 1.64. The average Bonchev–Trinajstić information content (AvgIpc) is 2.03. The fraction of sp³-hybridized carbons (Fsp3) is 0.375. The van der Waals surface area contributed by atoms with E-state index in [9.17, 15) is 0 Å². The highest BCUT2D eigenvalue weighted by molar-refractivity contribution is 5.98. The minimum atomic E-state index is 0.535. The highest BCUT2D eigenvalue weighted by atomic mass is 16.4. The number of hydrogen-bond acceptors (Lipinski definition) is 4. The lowest BCUT2D eigenvalue weighted by atomic mass is 10.2. The molecule has 1 N–H and O–H groups in total. The van der Waals surface area contributed by atoms with Crippen LogP contribution in [0.15, 0.2) is 11.4 Å². The van der Waals surface area contributed by atoms with Crippen LogP contribution in [0.4, 0.5) is 0 Å². The first-order chi connectivity index (χ1) is 5.65. The van der Waals surface area contributed by atoms with Crippen LogP contribution in [0.1, 0.15) is 24.0 Å². The molecule has 64 valence electrons. The van der Waals surface area contributed by atoms with Crippen molar-refractivity contribution < 1.29 is 5.21 Å². The molecule has 0 amide bonds.